The Morgan fingerprint density at radius 2 is 2.08 bits per heavy atom. The van der Waals surface area contributed by atoms with Crippen molar-refractivity contribution in [3.05, 3.63) is 28.8 Å². The molecule has 0 spiro atoms. The zero-order valence-corrected chi connectivity index (χ0v) is 16.7. The second kappa shape index (κ2) is 8.59. The number of amides is 1. The summed E-state index contributed by atoms with van der Waals surface area (Å²) in [5.74, 6) is 1.10. The van der Waals surface area contributed by atoms with Gasteiger partial charge >= 0.3 is 0 Å². The SMILES string of the molecule is COc1cccc(C(=O)N2CCN3CC(OCC(C)C)CCC3C2)c1Cl. The first-order chi connectivity index (χ1) is 12.5. The predicted octanol–water partition coefficient (Wildman–Crippen LogP) is 3.31. The first kappa shape index (κ1) is 19.5. The molecule has 0 aromatic heterocycles. The molecule has 1 amide bonds. The number of rotatable bonds is 5. The highest BCUT2D eigenvalue weighted by atomic mass is 35.5. The van der Waals surface area contributed by atoms with Gasteiger partial charge in [0.1, 0.15) is 5.75 Å². The number of nitrogens with zero attached hydrogens (tertiary/aromatic N) is 2. The molecular formula is C20H29ClN2O3. The maximum absolute atomic E-state index is 12.9. The van der Waals surface area contributed by atoms with E-state index in [2.05, 4.69) is 18.7 Å². The fourth-order valence-corrected chi connectivity index (χ4v) is 4.08. The maximum atomic E-state index is 12.9. The summed E-state index contributed by atoms with van der Waals surface area (Å²) in [7, 11) is 1.56. The Bertz CT molecular complexity index is 637. The molecular weight excluding hydrogens is 352 g/mol. The van der Waals surface area contributed by atoms with Gasteiger partial charge in [-0.2, -0.15) is 0 Å². The van der Waals surface area contributed by atoms with Gasteiger partial charge in [-0.15, -0.1) is 0 Å². The Hall–Kier alpha value is -1.30. The minimum absolute atomic E-state index is 0.00766. The Balaban J connectivity index is 1.60. The van der Waals surface area contributed by atoms with Crippen LogP contribution in [0.4, 0.5) is 0 Å². The molecule has 0 aliphatic carbocycles. The highest BCUT2D eigenvalue weighted by Gasteiger charge is 2.35. The summed E-state index contributed by atoms with van der Waals surface area (Å²) in [6, 6.07) is 5.77. The second-order valence-corrected chi connectivity index (χ2v) is 8.03. The molecule has 2 aliphatic rings. The lowest BCUT2D eigenvalue weighted by atomic mass is 9.97. The predicted molar refractivity (Wildman–Crippen MR) is 103 cm³/mol. The summed E-state index contributed by atoms with van der Waals surface area (Å²) in [5, 5.41) is 0.397. The molecule has 26 heavy (non-hydrogen) atoms. The number of carbonyl (C=O) groups excluding carboxylic acids is 1. The van der Waals surface area contributed by atoms with Crippen molar-refractivity contribution < 1.29 is 14.3 Å². The lowest BCUT2D eigenvalue weighted by Gasteiger charge is -2.46. The van der Waals surface area contributed by atoms with E-state index in [4.69, 9.17) is 21.1 Å². The van der Waals surface area contributed by atoms with Crippen LogP contribution in [-0.4, -0.2) is 67.7 Å². The third-order valence-corrected chi connectivity index (χ3v) is 5.62. The third kappa shape index (κ3) is 4.33. The largest absolute Gasteiger partial charge is 0.495 e. The molecule has 1 aromatic carbocycles. The highest BCUT2D eigenvalue weighted by Crippen LogP contribution is 2.30. The Kier molecular flexibility index (Phi) is 6.43. The van der Waals surface area contributed by atoms with Gasteiger partial charge < -0.3 is 14.4 Å². The minimum atomic E-state index is -0.00766. The number of carbonyl (C=O) groups is 1. The van der Waals surface area contributed by atoms with Crippen LogP contribution in [0.5, 0.6) is 5.75 Å². The van der Waals surface area contributed by atoms with Crippen LogP contribution in [0.1, 0.15) is 37.0 Å². The van der Waals surface area contributed by atoms with E-state index in [1.54, 1.807) is 19.2 Å². The van der Waals surface area contributed by atoms with Gasteiger partial charge in [0.25, 0.3) is 5.91 Å². The molecule has 6 heteroatoms. The summed E-state index contributed by atoms with van der Waals surface area (Å²) in [5.41, 5.74) is 0.522. The van der Waals surface area contributed by atoms with Crippen molar-refractivity contribution in [3.8, 4) is 5.75 Å². The molecule has 0 radical (unpaired) electrons. The van der Waals surface area contributed by atoms with E-state index >= 15 is 0 Å². The van der Waals surface area contributed by atoms with Crippen molar-refractivity contribution in [1.29, 1.82) is 0 Å². The molecule has 5 nitrogen and oxygen atoms in total. The van der Waals surface area contributed by atoms with Gasteiger partial charge in [-0.3, -0.25) is 9.69 Å². The van der Waals surface area contributed by atoms with Gasteiger partial charge in [-0.25, -0.2) is 0 Å². The number of benzene rings is 1. The molecule has 0 bridgehead atoms. The van der Waals surface area contributed by atoms with Gasteiger partial charge in [-0.05, 0) is 30.9 Å². The minimum Gasteiger partial charge on any atom is -0.495 e. The molecule has 0 N–H and O–H groups in total. The second-order valence-electron chi connectivity index (χ2n) is 7.65. The zero-order valence-electron chi connectivity index (χ0n) is 15.9. The smallest absolute Gasteiger partial charge is 0.255 e. The van der Waals surface area contributed by atoms with Crippen LogP contribution in [0.25, 0.3) is 0 Å². The van der Waals surface area contributed by atoms with Gasteiger partial charge in [0.2, 0.25) is 0 Å². The fraction of sp³-hybridized carbons (Fsp3) is 0.650. The summed E-state index contributed by atoms with van der Waals surface area (Å²) in [6.45, 7) is 8.52. The van der Waals surface area contributed by atoms with Crippen molar-refractivity contribution in [3.63, 3.8) is 0 Å². The number of halogens is 1. The average Bonchev–Trinajstić information content (AvgIpc) is 2.65. The number of hydrogen-bond acceptors (Lipinski definition) is 4. The average molecular weight is 381 g/mol. The van der Waals surface area contributed by atoms with Crippen LogP contribution < -0.4 is 4.74 Å². The normalized spacial score (nSPS) is 23.8. The number of hydrogen-bond donors (Lipinski definition) is 0. The number of piperidine rings is 1. The fourth-order valence-electron chi connectivity index (χ4n) is 3.79. The van der Waals surface area contributed by atoms with Crippen molar-refractivity contribution in [2.24, 2.45) is 5.92 Å². The molecule has 3 rings (SSSR count). The Morgan fingerprint density at radius 3 is 2.81 bits per heavy atom. The van der Waals surface area contributed by atoms with Gasteiger partial charge in [-0.1, -0.05) is 31.5 Å². The highest BCUT2D eigenvalue weighted by molar-refractivity contribution is 6.35. The number of methoxy groups -OCH3 is 1. The van der Waals surface area contributed by atoms with Crippen LogP contribution in [0, 0.1) is 5.92 Å². The number of ether oxygens (including phenoxy) is 2. The Morgan fingerprint density at radius 1 is 1.27 bits per heavy atom. The monoisotopic (exact) mass is 380 g/mol. The molecule has 1 aromatic rings. The molecule has 144 valence electrons. The summed E-state index contributed by atoms with van der Waals surface area (Å²) >= 11 is 6.34. The number of fused-ring (bicyclic) bond motifs is 1. The van der Waals surface area contributed by atoms with E-state index in [0.717, 1.165) is 45.6 Å². The van der Waals surface area contributed by atoms with Gasteiger partial charge in [0.05, 0.1) is 23.8 Å². The molecule has 2 aliphatic heterocycles. The van der Waals surface area contributed by atoms with Gasteiger partial charge in [0, 0.05) is 38.8 Å². The van der Waals surface area contributed by atoms with Crippen LogP contribution in [0.2, 0.25) is 5.02 Å². The van der Waals surface area contributed by atoms with E-state index in [9.17, 15) is 4.79 Å². The van der Waals surface area contributed by atoms with E-state index < -0.39 is 0 Å². The molecule has 2 heterocycles. The van der Waals surface area contributed by atoms with Crippen LogP contribution in [-0.2, 0) is 4.74 Å². The van der Waals surface area contributed by atoms with Crippen molar-refractivity contribution >= 4 is 17.5 Å². The first-order valence-corrected chi connectivity index (χ1v) is 9.84. The summed E-state index contributed by atoms with van der Waals surface area (Å²) in [4.78, 5) is 17.4. The van der Waals surface area contributed by atoms with Crippen LogP contribution >= 0.6 is 11.6 Å². The van der Waals surface area contributed by atoms with Crippen LogP contribution in [0.3, 0.4) is 0 Å². The molecule has 2 saturated heterocycles. The standard InChI is InChI=1S/C20H29ClN2O3/c1-14(2)13-26-16-8-7-15-11-23(10-9-22(15)12-16)20(24)17-5-4-6-18(25-3)19(17)21/h4-6,14-16H,7-13H2,1-3H3. The summed E-state index contributed by atoms with van der Waals surface area (Å²) in [6.07, 6.45) is 2.46. The lowest BCUT2D eigenvalue weighted by molar-refractivity contribution is -0.0469. The van der Waals surface area contributed by atoms with E-state index in [0.29, 0.717) is 34.4 Å². The summed E-state index contributed by atoms with van der Waals surface area (Å²) < 4.78 is 11.3. The number of piperazine rings is 1. The van der Waals surface area contributed by atoms with Crippen molar-refractivity contribution in [2.45, 2.75) is 38.8 Å². The first-order valence-electron chi connectivity index (χ1n) is 9.47. The molecule has 2 atom stereocenters. The van der Waals surface area contributed by atoms with E-state index in [1.807, 2.05) is 11.0 Å². The van der Waals surface area contributed by atoms with Crippen molar-refractivity contribution in [1.82, 2.24) is 9.80 Å². The van der Waals surface area contributed by atoms with Crippen molar-refractivity contribution in [2.75, 3.05) is 39.9 Å². The molecule has 2 unspecified atom stereocenters. The third-order valence-electron chi connectivity index (χ3n) is 5.23. The maximum Gasteiger partial charge on any atom is 0.255 e. The van der Waals surface area contributed by atoms with E-state index in [-0.39, 0.29) is 5.91 Å². The van der Waals surface area contributed by atoms with Crippen LogP contribution in [0.15, 0.2) is 18.2 Å². The topological polar surface area (TPSA) is 42.0 Å². The quantitative estimate of drug-likeness (QED) is 0.785. The molecule has 0 saturated carbocycles. The lowest BCUT2D eigenvalue weighted by Crippen LogP contribution is -2.58. The Labute approximate surface area is 161 Å². The zero-order chi connectivity index (χ0) is 18.7. The van der Waals surface area contributed by atoms with Gasteiger partial charge in [0.15, 0.2) is 0 Å². The molecule has 2 fully saturated rings. The van der Waals surface area contributed by atoms with E-state index in [1.165, 1.54) is 0 Å².